The van der Waals surface area contributed by atoms with Crippen molar-refractivity contribution in [3.8, 4) is 0 Å². The Kier molecular flexibility index (Phi) is 3.35. The van der Waals surface area contributed by atoms with Gasteiger partial charge in [-0.25, -0.2) is 0 Å². The van der Waals surface area contributed by atoms with Gasteiger partial charge in [0.15, 0.2) is 0 Å². The Morgan fingerprint density at radius 1 is 1.45 bits per heavy atom. The van der Waals surface area contributed by atoms with Crippen molar-refractivity contribution in [2.24, 2.45) is 5.73 Å². The molecule has 2 nitrogen and oxygen atoms in total. The van der Waals surface area contributed by atoms with Gasteiger partial charge in [0.25, 0.3) is 0 Å². The van der Waals surface area contributed by atoms with Crippen LogP contribution in [0.1, 0.15) is 12.1 Å². The summed E-state index contributed by atoms with van der Waals surface area (Å²) < 4.78 is 0. The van der Waals surface area contributed by atoms with Crippen molar-refractivity contribution in [2.75, 3.05) is 6.54 Å². The second kappa shape index (κ2) is 4.63. The first-order valence-corrected chi connectivity index (χ1v) is 3.71. The third-order valence-corrected chi connectivity index (χ3v) is 1.31. The van der Waals surface area contributed by atoms with Gasteiger partial charge >= 0.3 is 0 Å². The lowest BCUT2D eigenvalue weighted by atomic mass is 10.3. The summed E-state index contributed by atoms with van der Waals surface area (Å²) in [5, 5.41) is 0. The van der Waals surface area contributed by atoms with Crippen LogP contribution in [0.25, 0.3) is 6.08 Å². The average molecular weight is 148 g/mol. The molecule has 1 rings (SSSR count). The molecule has 1 aromatic heterocycles. The van der Waals surface area contributed by atoms with Gasteiger partial charge < -0.3 is 5.73 Å². The van der Waals surface area contributed by atoms with Gasteiger partial charge in [-0.05, 0) is 31.2 Å². The molecular formula is C9H12N2. The maximum Gasteiger partial charge on any atom is 0.0626 e. The van der Waals surface area contributed by atoms with Crippen molar-refractivity contribution in [1.82, 2.24) is 4.98 Å². The summed E-state index contributed by atoms with van der Waals surface area (Å²) in [4.78, 5) is 4.12. The molecule has 0 aliphatic rings. The lowest BCUT2D eigenvalue weighted by Crippen LogP contribution is -1.95. The van der Waals surface area contributed by atoms with Crippen LogP contribution in [0, 0.1) is 0 Å². The van der Waals surface area contributed by atoms with Crippen LogP contribution in [0.3, 0.4) is 0 Å². The van der Waals surface area contributed by atoms with Crippen LogP contribution in [0.4, 0.5) is 0 Å². The number of aromatic nitrogens is 1. The van der Waals surface area contributed by atoms with E-state index in [4.69, 9.17) is 5.73 Å². The van der Waals surface area contributed by atoms with Crippen molar-refractivity contribution in [3.63, 3.8) is 0 Å². The molecule has 0 amide bonds. The van der Waals surface area contributed by atoms with Crippen LogP contribution in [0.5, 0.6) is 0 Å². The van der Waals surface area contributed by atoms with E-state index in [0.29, 0.717) is 6.54 Å². The largest absolute Gasteiger partial charge is 0.330 e. The zero-order valence-electron chi connectivity index (χ0n) is 6.40. The van der Waals surface area contributed by atoms with Crippen LogP contribution >= 0.6 is 0 Å². The molecule has 58 valence electrons. The third-order valence-electron chi connectivity index (χ3n) is 1.31. The molecule has 2 heteroatoms. The SMILES string of the molecule is NCCC=Cc1ccccn1. The first-order chi connectivity index (χ1) is 5.43. The predicted molar refractivity (Wildman–Crippen MR) is 46.9 cm³/mol. The van der Waals surface area contributed by atoms with Crippen molar-refractivity contribution in [2.45, 2.75) is 6.42 Å². The van der Waals surface area contributed by atoms with Crippen LogP contribution in [-0.2, 0) is 0 Å². The molecule has 0 bridgehead atoms. The Balaban J connectivity index is 2.50. The number of nitrogens with two attached hydrogens (primary N) is 1. The third kappa shape index (κ3) is 2.96. The molecule has 0 aromatic carbocycles. The molecule has 2 N–H and O–H groups in total. The summed E-state index contributed by atoms with van der Waals surface area (Å²) in [6.45, 7) is 0.698. The molecule has 0 saturated heterocycles. The standard InChI is InChI=1S/C9H12N2/c10-7-3-1-5-9-6-2-4-8-11-9/h1-2,4-6,8H,3,7,10H2. The zero-order chi connectivity index (χ0) is 7.94. The van der Waals surface area contributed by atoms with E-state index in [1.54, 1.807) is 6.20 Å². The summed E-state index contributed by atoms with van der Waals surface area (Å²) in [6, 6.07) is 5.84. The molecule has 11 heavy (non-hydrogen) atoms. The summed E-state index contributed by atoms with van der Waals surface area (Å²) >= 11 is 0. The second-order valence-corrected chi connectivity index (χ2v) is 2.23. The maximum atomic E-state index is 5.32. The fraction of sp³-hybridized carbons (Fsp3) is 0.222. The molecule has 0 saturated carbocycles. The normalized spacial score (nSPS) is 10.6. The monoisotopic (exact) mass is 148 g/mol. The molecule has 0 aliphatic carbocycles. The second-order valence-electron chi connectivity index (χ2n) is 2.23. The smallest absolute Gasteiger partial charge is 0.0626 e. The molecule has 0 radical (unpaired) electrons. The fourth-order valence-electron chi connectivity index (χ4n) is 0.775. The molecule has 0 unspecified atom stereocenters. The molecule has 1 heterocycles. The van der Waals surface area contributed by atoms with Gasteiger partial charge in [0.1, 0.15) is 0 Å². The van der Waals surface area contributed by atoms with E-state index >= 15 is 0 Å². The number of rotatable bonds is 3. The van der Waals surface area contributed by atoms with E-state index in [1.165, 1.54) is 0 Å². The fourth-order valence-corrected chi connectivity index (χ4v) is 0.775. The van der Waals surface area contributed by atoms with Crippen LogP contribution in [-0.4, -0.2) is 11.5 Å². The molecular weight excluding hydrogens is 136 g/mol. The van der Waals surface area contributed by atoms with Crippen LogP contribution in [0.2, 0.25) is 0 Å². The van der Waals surface area contributed by atoms with Gasteiger partial charge in [-0.3, -0.25) is 4.98 Å². The maximum absolute atomic E-state index is 5.32. The Morgan fingerprint density at radius 3 is 3.00 bits per heavy atom. The van der Waals surface area contributed by atoms with Gasteiger partial charge in [-0.2, -0.15) is 0 Å². The highest BCUT2D eigenvalue weighted by Gasteiger charge is 1.81. The van der Waals surface area contributed by atoms with Crippen LogP contribution < -0.4 is 5.73 Å². The van der Waals surface area contributed by atoms with Gasteiger partial charge in [0.05, 0.1) is 5.69 Å². The highest BCUT2D eigenvalue weighted by atomic mass is 14.6. The van der Waals surface area contributed by atoms with E-state index in [-0.39, 0.29) is 0 Å². The highest BCUT2D eigenvalue weighted by molar-refractivity contribution is 5.43. The minimum atomic E-state index is 0.698. The molecule has 0 fully saturated rings. The van der Waals surface area contributed by atoms with Gasteiger partial charge in [-0.1, -0.05) is 12.1 Å². The highest BCUT2D eigenvalue weighted by Crippen LogP contribution is 1.96. The molecule has 0 aliphatic heterocycles. The molecule has 0 atom stereocenters. The lowest BCUT2D eigenvalue weighted by molar-refractivity contribution is 1.01. The Morgan fingerprint density at radius 2 is 2.36 bits per heavy atom. The lowest BCUT2D eigenvalue weighted by Gasteiger charge is -1.89. The van der Waals surface area contributed by atoms with Crippen molar-refractivity contribution < 1.29 is 0 Å². The van der Waals surface area contributed by atoms with Gasteiger partial charge in [-0.15, -0.1) is 0 Å². The topological polar surface area (TPSA) is 38.9 Å². The Hall–Kier alpha value is -1.15. The van der Waals surface area contributed by atoms with Gasteiger partial charge in [0, 0.05) is 6.20 Å². The number of hydrogen-bond donors (Lipinski definition) is 1. The number of pyridine rings is 1. The van der Waals surface area contributed by atoms with E-state index in [2.05, 4.69) is 4.98 Å². The van der Waals surface area contributed by atoms with Crippen molar-refractivity contribution >= 4 is 6.08 Å². The minimum Gasteiger partial charge on any atom is -0.330 e. The van der Waals surface area contributed by atoms with E-state index in [1.807, 2.05) is 30.4 Å². The van der Waals surface area contributed by atoms with Crippen molar-refractivity contribution in [1.29, 1.82) is 0 Å². The minimum absolute atomic E-state index is 0.698. The van der Waals surface area contributed by atoms with Crippen molar-refractivity contribution in [3.05, 3.63) is 36.2 Å². The first kappa shape index (κ1) is 7.95. The molecule has 0 spiro atoms. The predicted octanol–water partition coefficient (Wildman–Crippen LogP) is 1.44. The quantitative estimate of drug-likeness (QED) is 0.704. The Bertz CT molecular complexity index is 216. The average Bonchev–Trinajstić information content (AvgIpc) is 2.07. The molecule has 1 aromatic rings. The van der Waals surface area contributed by atoms with E-state index in [9.17, 15) is 0 Å². The number of hydrogen-bond acceptors (Lipinski definition) is 2. The summed E-state index contributed by atoms with van der Waals surface area (Å²) in [5.74, 6) is 0. The Labute approximate surface area is 66.8 Å². The number of nitrogens with zero attached hydrogens (tertiary/aromatic N) is 1. The van der Waals surface area contributed by atoms with Crippen LogP contribution in [0.15, 0.2) is 30.5 Å². The van der Waals surface area contributed by atoms with E-state index in [0.717, 1.165) is 12.1 Å². The summed E-state index contributed by atoms with van der Waals surface area (Å²) in [7, 11) is 0. The summed E-state index contributed by atoms with van der Waals surface area (Å²) in [6.07, 6.45) is 6.70. The first-order valence-electron chi connectivity index (χ1n) is 3.71. The zero-order valence-corrected chi connectivity index (χ0v) is 6.40. The van der Waals surface area contributed by atoms with Gasteiger partial charge in [0.2, 0.25) is 0 Å². The van der Waals surface area contributed by atoms with E-state index < -0.39 is 0 Å². The summed E-state index contributed by atoms with van der Waals surface area (Å²) in [5.41, 5.74) is 6.31.